The second-order valence-corrected chi connectivity index (χ2v) is 4.04. The number of hydrogen-bond donors (Lipinski definition) is 2. The third-order valence-corrected chi connectivity index (χ3v) is 2.82. The van der Waals surface area contributed by atoms with Gasteiger partial charge in [-0.15, -0.1) is 0 Å². The Labute approximate surface area is 75.4 Å². The molecule has 1 fully saturated rings. The second-order valence-electron chi connectivity index (χ2n) is 4.04. The van der Waals surface area contributed by atoms with Crippen LogP contribution in [0.2, 0.25) is 0 Å². The summed E-state index contributed by atoms with van der Waals surface area (Å²) in [5, 5.41) is 12.5. The van der Waals surface area contributed by atoms with Gasteiger partial charge in [0.15, 0.2) is 0 Å². The largest absolute Gasteiger partial charge is 0.392 e. The summed E-state index contributed by atoms with van der Waals surface area (Å²) in [5.74, 6) is 0.927. The zero-order chi connectivity index (χ0) is 8.97. The monoisotopic (exact) mass is 171 g/mol. The Morgan fingerprint density at radius 3 is 2.75 bits per heavy atom. The van der Waals surface area contributed by atoms with Crippen LogP contribution in [0.4, 0.5) is 0 Å². The Morgan fingerprint density at radius 1 is 1.50 bits per heavy atom. The van der Waals surface area contributed by atoms with E-state index < -0.39 is 0 Å². The Balaban J connectivity index is 2.11. The van der Waals surface area contributed by atoms with E-state index in [1.807, 2.05) is 6.92 Å². The lowest BCUT2D eigenvalue weighted by molar-refractivity contribution is 0.186. The van der Waals surface area contributed by atoms with E-state index in [4.69, 9.17) is 5.11 Å². The van der Waals surface area contributed by atoms with Crippen molar-refractivity contribution in [2.45, 2.75) is 51.7 Å². The Morgan fingerprint density at radius 2 is 2.25 bits per heavy atom. The first-order chi connectivity index (χ1) is 5.72. The maximum Gasteiger partial charge on any atom is 0.0636 e. The van der Waals surface area contributed by atoms with Crippen molar-refractivity contribution in [3.05, 3.63) is 0 Å². The highest BCUT2D eigenvalue weighted by molar-refractivity contribution is 4.80. The van der Waals surface area contributed by atoms with Crippen molar-refractivity contribution in [3.8, 4) is 0 Å². The smallest absolute Gasteiger partial charge is 0.0636 e. The van der Waals surface area contributed by atoms with Crippen LogP contribution in [-0.4, -0.2) is 23.8 Å². The highest BCUT2D eigenvalue weighted by atomic mass is 16.3. The predicted molar refractivity (Wildman–Crippen MR) is 51.1 cm³/mol. The Bertz CT molecular complexity index is 125. The van der Waals surface area contributed by atoms with Gasteiger partial charge in [0.1, 0.15) is 0 Å². The molecule has 0 spiro atoms. The quantitative estimate of drug-likeness (QED) is 0.672. The fraction of sp³-hybridized carbons (Fsp3) is 1.00. The van der Waals surface area contributed by atoms with Gasteiger partial charge in [-0.05, 0) is 32.1 Å². The lowest BCUT2D eigenvalue weighted by Gasteiger charge is -2.13. The molecule has 0 radical (unpaired) electrons. The van der Waals surface area contributed by atoms with Crippen LogP contribution in [0.1, 0.15) is 39.5 Å². The predicted octanol–water partition coefficient (Wildman–Crippen LogP) is 1.54. The third-order valence-electron chi connectivity index (χ3n) is 2.82. The van der Waals surface area contributed by atoms with E-state index in [2.05, 4.69) is 12.2 Å². The van der Waals surface area contributed by atoms with E-state index in [0.717, 1.165) is 12.5 Å². The van der Waals surface area contributed by atoms with Crippen molar-refractivity contribution in [3.63, 3.8) is 0 Å². The molecular weight excluding hydrogens is 150 g/mol. The van der Waals surface area contributed by atoms with Crippen LogP contribution in [-0.2, 0) is 0 Å². The number of nitrogens with one attached hydrogen (secondary N) is 1. The van der Waals surface area contributed by atoms with Gasteiger partial charge < -0.3 is 10.4 Å². The number of aliphatic hydroxyl groups excluding tert-OH is 1. The lowest BCUT2D eigenvalue weighted by atomic mass is 10.1. The molecule has 2 nitrogen and oxygen atoms in total. The summed E-state index contributed by atoms with van der Waals surface area (Å²) in [7, 11) is 0. The molecule has 0 heterocycles. The highest BCUT2D eigenvalue weighted by Crippen LogP contribution is 2.27. The zero-order valence-corrected chi connectivity index (χ0v) is 8.21. The molecule has 12 heavy (non-hydrogen) atoms. The first-order valence-corrected chi connectivity index (χ1v) is 5.13. The van der Waals surface area contributed by atoms with Crippen LogP contribution in [0, 0.1) is 5.92 Å². The van der Waals surface area contributed by atoms with Crippen LogP contribution in [0.25, 0.3) is 0 Å². The number of aliphatic hydroxyl groups is 1. The molecular formula is C10H21NO. The molecule has 1 saturated carbocycles. The molecule has 0 aromatic heterocycles. The van der Waals surface area contributed by atoms with Gasteiger partial charge >= 0.3 is 0 Å². The van der Waals surface area contributed by atoms with E-state index in [0.29, 0.717) is 6.04 Å². The van der Waals surface area contributed by atoms with Crippen LogP contribution >= 0.6 is 0 Å². The molecule has 1 aliphatic carbocycles. The molecule has 0 bridgehead atoms. The van der Waals surface area contributed by atoms with Gasteiger partial charge in [0.25, 0.3) is 0 Å². The highest BCUT2D eigenvalue weighted by Gasteiger charge is 2.22. The Hall–Kier alpha value is -0.0800. The molecule has 0 aromatic rings. The molecule has 2 unspecified atom stereocenters. The minimum Gasteiger partial charge on any atom is -0.392 e. The van der Waals surface area contributed by atoms with E-state index in [1.165, 1.54) is 25.7 Å². The Kier molecular flexibility index (Phi) is 4.02. The van der Waals surface area contributed by atoms with Gasteiger partial charge in [0.2, 0.25) is 0 Å². The molecule has 2 heteroatoms. The van der Waals surface area contributed by atoms with Crippen LogP contribution < -0.4 is 5.32 Å². The molecule has 1 rings (SSSR count). The SMILES string of the molecule is CCC1CCC(NC[C@H](C)O)C1. The number of rotatable bonds is 4. The van der Waals surface area contributed by atoms with Gasteiger partial charge in [-0.3, -0.25) is 0 Å². The summed E-state index contributed by atoms with van der Waals surface area (Å²) in [5.41, 5.74) is 0. The summed E-state index contributed by atoms with van der Waals surface area (Å²) in [4.78, 5) is 0. The zero-order valence-electron chi connectivity index (χ0n) is 8.21. The standard InChI is InChI=1S/C10H21NO/c1-3-9-4-5-10(6-9)11-7-8(2)12/h8-12H,3-7H2,1-2H3/t8-,9?,10?/m0/s1. The third kappa shape index (κ3) is 3.11. The summed E-state index contributed by atoms with van der Waals surface area (Å²) in [6.07, 6.45) is 5.08. The van der Waals surface area contributed by atoms with Crippen molar-refractivity contribution in [2.24, 2.45) is 5.92 Å². The van der Waals surface area contributed by atoms with E-state index >= 15 is 0 Å². The van der Waals surface area contributed by atoms with Gasteiger partial charge in [-0.25, -0.2) is 0 Å². The minimum atomic E-state index is -0.203. The van der Waals surface area contributed by atoms with Crippen LogP contribution in [0.5, 0.6) is 0 Å². The fourth-order valence-electron chi connectivity index (χ4n) is 1.97. The molecule has 0 aliphatic heterocycles. The van der Waals surface area contributed by atoms with Crippen molar-refractivity contribution in [1.29, 1.82) is 0 Å². The molecule has 0 aromatic carbocycles. The van der Waals surface area contributed by atoms with Crippen molar-refractivity contribution in [2.75, 3.05) is 6.54 Å². The topological polar surface area (TPSA) is 32.3 Å². The number of hydrogen-bond acceptors (Lipinski definition) is 2. The summed E-state index contributed by atoms with van der Waals surface area (Å²) in [6.45, 7) is 4.85. The molecule has 3 atom stereocenters. The van der Waals surface area contributed by atoms with E-state index in [1.54, 1.807) is 0 Å². The van der Waals surface area contributed by atoms with Gasteiger partial charge in [-0.1, -0.05) is 13.3 Å². The summed E-state index contributed by atoms with van der Waals surface area (Å²) >= 11 is 0. The first kappa shape index (κ1) is 10.0. The maximum absolute atomic E-state index is 9.07. The van der Waals surface area contributed by atoms with Crippen molar-refractivity contribution in [1.82, 2.24) is 5.32 Å². The van der Waals surface area contributed by atoms with Gasteiger partial charge in [0, 0.05) is 12.6 Å². The lowest BCUT2D eigenvalue weighted by Crippen LogP contribution is -2.32. The van der Waals surface area contributed by atoms with Gasteiger partial charge in [0.05, 0.1) is 6.10 Å². The normalized spacial score (nSPS) is 32.2. The maximum atomic E-state index is 9.07. The fourth-order valence-corrected chi connectivity index (χ4v) is 1.97. The summed E-state index contributed by atoms with van der Waals surface area (Å²) < 4.78 is 0. The molecule has 0 saturated heterocycles. The average Bonchev–Trinajstić information content (AvgIpc) is 2.48. The molecule has 72 valence electrons. The summed E-state index contributed by atoms with van der Waals surface area (Å²) in [6, 6.07) is 0.671. The molecule has 1 aliphatic rings. The van der Waals surface area contributed by atoms with Crippen LogP contribution in [0.15, 0.2) is 0 Å². The first-order valence-electron chi connectivity index (χ1n) is 5.13. The van der Waals surface area contributed by atoms with E-state index in [9.17, 15) is 0 Å². The molecule has 2 N–H and O–H groups in total. The van der Waals surface area contributed by atoms with Gasteiger partial charge in [-0.2, -0.15) is 0 Å². The van der Waals surface area contributed by atoms with Crippen molar-refractivity contribution < 1.29 is 5.11 Å². The molecule has 0 amide bonds. The second kappa shape index (κ2) is 4.83. The van der Waals surface area contributed by atoms with Crippen LogP contribution in [0.3, 0.4) is 0 Å². The van der Waals surface area contributed by atoms with Crippen molar-refractivity contribution >= 4 is 0 Å². The average molecular weight is 171 g/mol. The minimum absolute atomic E-state index is 0.203. The van der Waals surface area contributed by atoms with E-state index in [-0.39, 0.29) is 6.10 Å².